The SMILES string of the molecule is CN1CCN(C)C(CC(Cc2ccccn2)NN)C1. The Morgan fingerprint density at radius 3 is 2.95 bits per heavy atom. The molecule has 5 nitrogen and oxygen atoms in total. The summed E-state index contributed by atoms with van der Waals surface area (Å²) >= 11 is 0. The van der Waals surface area contributed by atoms with Crippen molar-refractivity contribution in [2.45, 2.75) is 24.9 Å². The van der Waals surface area contributed by atoms with Gasteiger partial charge in [-0.15, -0.1) is 0 Å². The number of hydrogen-bond acceptors (Lipinski definition) is 5. The smallest absolute Gasteiger partial charge is 0.0419 e. The Morgan fingerprint density at radius 1 is 1.42 bits per heavy atom. The molecule has 2 rings (SSSR count). The quantitative estimate of drug-likeness (QED) is 0.582. The molecule has 2 atom stereocenters. The highest BCUT2D eigenvalue weighted by Gasteiger charge is 2.25. The van der Waals surface area contributed by atoms with Crippen LogP contribution in [0, 0.1) is 0 Å². The van der Waals surface area contributed by atoms with Crippen molar-refractivity contribution in [3.05, 3.63) is 30.1 Å². The van der Waals surface area contributed by atoms with Gasteiger partial charge < -0.3 is 9.80 Å². The van der Waals surface area contributed by atoms with Gasteiger partial charge in [-0.1, -0.05) is 6.07 Å². The standard InChI is InChI=1S/C14H25N5/c1-18-7-8-19(2)14(11-18)10-13(17-15)9-12-5-3-4-6-16-12/h3-6,13-14,17H,7-11,15H2,1-2H3. The molecule has 1 aromatic rings. The van der Waals surface area contributed by atoms with Crippen LogP contribution in [0.25, 0.3) is 0 Å². The van der Waals surface area contributed by atoms with Crippen molar-refractivity contribution in [2.75, 3.05) is 33.7 Å². The van der Waals surface area contributed by atoms with Crippen LogP contribution in [0.2, 0.25) is 0 Å². The van der Waals surface area contributed by atoms with E-state index in [2.05, 4.69) is 40.4 Å². The lowest BCUT2D eigenvalue weighted by Crippen LogP contribution is -2.53. The summed E-state index contributed by atoms with van der Waals surface area (Å²) in [5.74, 6) is 5.71. The molecule has 0 bridgehead atoms. The highest BCUT2D eigenvalue weighted by molar-refractivity contribution is 5.05. The average Bonchev–Trinajstić information content (AvgIpc) is 2.43. The van der Waals surface area contributed by atoms with Gasteiger partial charge >= 0.3 is 0 Å². The van der Waals surface area contributed by atoms with Gasteiger partial charge in [-0.05, 0) is 32.6 Å². The zero-order valence-electron chi connectivity index (χ0n) is 11.9. The van der Waals surface area contributed by atoms with Gasteiger partial charge in [0.1, 0.15) is 0 Å². The summed E-state index contributed by atoms with van der Waals surface area (Å²) in [6, 6.07) is 6.85. The Morgan fingerprint density at radius 2 is 2.26 bits per heavy atom. The summed E-state index contributed by atoms with van der Waals surface area (Å²) in [4.78, 5) is 9.20. The Balaban J connectivity index is 1.91. The molecule has 0 aromatic carbocycles. The third-order valence-electron chi connectivity index (χ3n) is 3.95. The molecule has 0 amide bonds. The van der Waals surface area contributed by atoms with Crippen LogP contribution in [0.5, 0.6) is 0 Å². The van der Waals surface area contributed by atoms with E-state index in [1.165, 1.54) is 0 Å². The molecule has 1 fully saturated rings. The predicted octanol–water partition coefficient (Wildman–Crippen LogP) is 0.0919. The molecular formula is C14H25N5. The molecule has 1 aliphatic heterocycles. The van der Waals surface area contributed by atoms with Gasteiger partial charge in [0.25, 0.3) is 0 Å². The summed E-state index contributed by atoms with van der Waals surface area (Å²) in [5.41, 5.74) is 4.04. The molecule has 2 heterocycles. The van der Waals surface area contributed by atoms with Crippen LogP contribution in [0.4, 0.5) is 0 Å². The van der Waals surface area contributed by atoms with E-state index in [0.29, 0.717) is 6.04 Å². The molecule has 1 saturated heterocycles. The number of aromatic nitrogens is 1. The number of nitrogens with two attached hydrogens (primary N) is 1. The van der Waals surface area contributed by atoms with Crippen LogP contribution in [0.15, 0.2) is 24.4 Å². The number of pyridine rings is 1. The van der Waals surface area contributed by atoms with Crippen molar-refractivity contribution in [3.8, 4) is 0 Å². The Kier molecular flexibility index (Phi) is 5.27. The first-order chi connectivity index (χ1) is 9.19. The van der Waals surface area contributed by atoms with Crippen LogP contribution in [0.3, 0.4) is 0 Å². The lowest BCUT2D eigenvalue weighted by atomic mass is 10.00. The number of likely N-dealkylation sites (N-methyl/N-ethyl adjacent to an activating group) is 2. The van der Waals surface area contributed by atoms with Gasteiger partial charge in [-0.2, -0.15) is 0 Å². The maximum atomic E-state index is 5.71. The van der Waals surface area contributed by atoms with Crippen molar-refractivity contribution >= 4 is 0 Å². The molecule has 2 unspecified atom stereocenters. The van der Waals surface area contributed by atoms with Gasteiger partial charge in [0.2, 0.25) is 0 Å². The minimum Gasteiger partial charge on any atom is -0.304 e. The maximum absolute atomic E-state index is 5.71. The Bertz CT molecular complexity index is 369. The van der Waals surface area contributed by atoms with E-state index in [1.807, 2.05) is 18.3 Å². The number of hydrazine groups is 1. The molecular weight excluding hydrogens is 238 g/mol. The van der Waals surface area contributed by atoms with Crippen LogP contribution in [0.1, 0.15) is 12.1 Å². The second-order valence-electron chi connectivity index (χ2n) is 5.52. The lowest BCUT2D eigenvalue weighted by molar-refractivity contribution is 0.101. The van der Waals surface area contributed by atoms with E-state index in [9.17, 15) is 0 Å². The normalized spacial score (nSPS) is 23.4. The van der Waals surface area contributed by atoms with Crippen LogP contribution >= 0.6 is 0 Å². The minimum atomic E-state index is 0.272. The first-order valence-electron chi connectivity index (χ1n) is 6.94. The van der Waals surface area contributed by atoms with Crippen LogP contribution < -0.4 is 11.3 Å². The molecule has 3 N–H and O–H groups in total. The molecule has 0 radical (unpaired) electrons. The van der Waals surface area contributed by atoms with E-state index < -0.39 is 0 Å². The fourth-order valence-electron chi connectivity index (χ4n) is 2.67. The second-order valence-corrected chi connectivity index (χ2v) is 5.52. The van der Waals surface area contributed by atoms with Gasteiger partial charge in [0.05, 0.1) is 0 Å². The Labute approximate surface area is 115 Å². The van der Waals surface area contributed by atoms with E-state index >= 15 is 0 Å². The van der Waals surface area contributed by atoms with Crippen LogP contribution in [-0.4, -0.2) is 60.6 Å². The number of nitrogens with one attached hydrogen (secondary N) is 1. The number of nitrogens with zero attached hydrogens (tertiary/aromatic N) is 3. The van der Waals surface area contributed by atoms with Crippen molar-refractivity contribution < 1.29 is 0 Å². The second kappa shape index (κ2) is 6.96. The predicted molar refractivity (Wildman–Crippen MR) is 77.6 cm³/mol. The zero-order chi connectivity index (χ0) is 13.7. The summed E-state index contributed by atoms with van der Waals surface area (Å²) in [5, 5.41) is 0. The highest BCUT2D eigenvalue weighted by Crippen LogP contribution is 2.13. The largest absolute Gasteiger partial charge is 0.304 e. The number of rotatable bonds is 5. The van der Waals surface area contributed by atoms with Crippen molar-refractivity contribution in [2.24, 2.45) is 5.84 Å². The van der Waals surface area contributed by atoms with Crippen molar-refractivity contribution in [1.29, 1.82) is 0 Å². The maximum Gasteiger partial charge on any atom is 0.0419 e. The molecule has 0 saturated carbocycles. The fourth-order valence-corrected chi connectivity index (χ4v) is 2.67. The molecule has 5 heteroatoms. The van der Waals surface area contributed by atoms with E-state index in [-0.39, 0.29) is 6.04 Å². The third-order valence-corrected chi connectivity index (χ3v) is 3.95. The summed E-state index contributed by atoms with van der Waals surface area (Å²) in [6.45, 7) is 3.38. The third kappa shape index (κ3) is 4.24. The molecule has 106 valence electrons. The zero-order valence-corrected chi connectivity index (χ0v) is 11.9. The monoisotopic (exact) mass is 263 g/mol. The fraction of sp³-hybridized carbons (Fsp3) is 0.643. The van der Waals surface area contributed by atoms with Crippen molar-refractivity contribution in [3.63, 3.8) is 0 Å². The van der Waals surface area contributed by atoms with Gasteiger partial charge in [-0.3, -0.25) is 16.3 Å². The van der Waals surface area contributed by atoms with Gasteiger partial charge in [0, 0.05) is 50.0 Å². The number of hydrogen-bond donors (Lipinski definition) is 2. The molecule has 0 aliphatic carbocycles. The summed E-state index contributed by atoms with van der Waals surface area (Å²) in [6.07, 6.45) is 3.77. The summed E-state index contributed by atoms with van der Waals surface area (Å²) < 4.78 is 0. The minimum absolute atomic E-state index is 0.272. The van der Waals surface area contributed by atoms with Gasteiger partial charge in [-0.25, -0.2) is 0 Å². The first kappa shape index (κ1) is 14.4. The topological polar surface area (TPSA) is 57.4 Å². The first-order valence-corrected chi connectivity index (χ1v) is 6.94. The van der Waals surface area contributed by atoms with E-state index in [1.54, 1.807) is 0 Å². The molecule has 1 aromatic heterocycles. The Hall–Kier alpha value is -1.01. The highest BCUT2D eigenvalue weighted by atomic mass is 15.3. The number of piperazine rings is 1. The average molecular weight is 263 g/mol. The van der Waals surface area contributed by atoms with Crippen LogP contribution in [-0.2, 0) is 6.42 Å². The van der Waals surface area contributed by atoms with E-state index in [0.717, 1.165) is 38.2 Å². The van der Waals surface area contributed by atoms with Gasteiger partial charge in [0.15, 0.2) is 0 Å². The molecule has 0 spiro atoms. The van der Waals surface area contributed by atoms with Crippen molar-refractivity contribution in [1.82, 2.24) is 20.2 Å². The summed E-state index contributed by atoms with van der Waals surface area (Å²) in [7, 11) is 4.38. The molecule has 1 aliphatic rings. The lowest BCUT2D eigenvalue weighted by Gasteiger charge is -2.39. The van der Waals surface area contributed by atoms with E-state index in [4.69, 9.17) is 5.84 Å². The molecule has 19 heavy (non-hydrogen) atoms.